The molecular weight excluding hydrogens is 400 g/mol. The van der Waals surface area contributed by atoms with Gasteiger partial charge in [0.25, 0.3) is 0 Å². The van der Waals surface area contributed by atoms with E-state index in [2.05, 4.69) is 4.74 Å². The highest BCUT2D eigenvalue weighted by Crippen LogP contribution is 2.41. The number of carbonyl (C=O) groups excluding carboxylic acids is 2. The van der Waals surface area contributed by atoms with Gasteiger partial charge in [0.15, 0.2) is 0 Å². The smallest absolute Gasteiger partial charge is 0.431 e. The summed E-state index contributed by atoms with van der Waals surface area (Å²) in [5, 5.41) is -5.59. The van der Waals surface area contributed by atoms with E-state index >= 15 is 0 Å². The molecule has 0 atom stereocenters. The van der Waals surface area contributed by atoms with Crippen LogP contribution in [-0.4, -0.2) is 49.8 Å². The van der Waals surface area contributed by atoms with E-state index in [0.717, 1.165) is 0 Å². The predicted molar refractivity (Wildman–Crippen MR) is 83.7 cm³/mol. The van der Waals surface area contributed by atoms with Crippen molar-refractivity contribution < 1.29 is 49.6 Å². The van der Waals surface area contributed by atoms with Crippen molar-refractivity contribution in [2.24, 2.45) is 11.8 Å². The number of esters is 2. The molecule has 0 unspecified atom stereocenters. The second-order valence-corrected chi connectivity index (χ2v) is 7.86. The summed E-state index contributed by atoms with van der Waals surface area (Å²) in [6, 6.07) is 0. The molecule has 1 saturated carbocycles. The van der Waals surface area contributed by atoms with Gasteiger partial charge in [0.05, 0.1) is 25.6 Å². The summed E-state index contributed by atoms with van der Waals surface area (Å²) in [5.41, 5.74) is 0. The molecule has 12 heteroatoms. The molecule has 0 aromatic rings. The largest absolute Gasteiger partial charge is 0.469 e. The summed E-state index contributed by atoms with van der Waals surface area (Å²) in [7, 11) is -4.97. The fourth-order valence-electron chi connectivity index (χ4n) is 2.81. The Labute approximate surface area is 154 Å². The van der Waals surface area contributed by atoms with Crippen LogP contribution in [0.1, 0.15) is 44.9 Å². The van der Waals surface area contributed by atoms with Gasteiger partial charge in [0, 0.05) is 6.42 Å². The molecule has 27 heavy (non-hydrogen) atoms. The first-order valence-electron chi connectivity index (χ1n) is 8.30. The van der Waals surface area contributed by atoms with E-state index in [4.69, 9.17) is 9.29 Å². The Morgan fingerprint density at radius 2 is 1.48 bits per heavy atom. The second-order valence-electron chi connectivity index (χ2n) is 6.39. The number of halogens is 4. The van der Waals surface area contributed by atoms with Crippen molar-refractivity contribution in [1.29, 1.82) is 0 Å². The normalized spacial score (nSPS) is 21.6. The highest BCUT2D eigenvalue weighted by Gasteiger charge is 2.64. The fraction of sp³-hybridized carbons (Fsp3) is 0.867. The van der Waals surface area contributed by atoms with E-state index in [9.17, 15) is 35.6 Å². The van der Waals surface area contributed by atoms with Crippen molar-refractivity contribution in [3.05, 3.63) is 0 Å². The summed E-state index contributed by atoms with van der Waals surface area (Å²) >= 11 is 0. The van der Waals surface area contributed by atoms with Crippen LogP contribution in [0.25, 0.3) is 0 Å². The topological polar surface area (TPSA) is 107 Å². The Morgan fingerprint density at radius 3 is 1.93 bits per heavy atom. The van der Waals surface area contributed by atoms with Gasteiger partial charge >= 0.3 is 33.2 Å². The molecule has 1 aliphatic carbocycles. The fourth-order valence-corrected chi connectivity index (χ4v) is 3.28. The number of hydrogen-bond donors (Lipinski definition) is 1. The van der Waals surface area contributed by atoms with Crippen LogP contribution in [0.5, 0.6) is 0 Å². The zero-order valence-corrected chi connectivity index (χ0v) is 15.4. The maximum atomic E-state index is 13.3. The highest BCUT2D eigenvalue weighted by molar-refractivity contribution is 7.87. The predicted octanol–water partition coefficient (Wildman–Crippen LogP) is 2.80. The quantitative estimate of drug-likeness (QED) is 0.264. The molecule has 1 fully saturated rings. The van der Waals surface area contributed by atoms with Gasteiger partial charge in [-0.1, -0.05) is 0 Å². The van der Waals surface area contributed by atoms with Crippen LogP contribution in [0.15, 0.2) is 0 Å². The van der Waals surface area contributed by atoms with Crippen LogP contribution in [-0.2, 0) is 29.2 Å². The van der Waals surface area contributed by atoms with E-state index in [0.29, 0.717) is 25.7 Å². The lowest BCUT2D eigenvalue weighted by Crippen LogP contribution is -2.46. The van der Waals surface area contributed by atoms with E-state index in [-0.39, 0.29) is 24.9 Å². The molecule has 0 aromatic carbocycles. The van der Waals surface area contributed by atoms with Crippen LogP contribution in [0.3, 0.4) is 0 Å². The molecule has 0 aliphatic heterocycles. The van der Waals surface area contributed by atoms with Gasteiger partial charge in [-0.25, -0.2) is 0 Å². The molecule has 0 radical (unpaired) electrons. The SMILES string of the molecule is COC(=O)C1CCC(C(=O)OCCCCC(F)(F)C(F)(F)S(=O)(=O)O)CC1. The monoisotopic (exact) mass is 422 g/mol. The Balaban J connectivity index is 2.33. The third-order valence-corrected chi connectivity index (χ3v) is 5.42. The van der Waals surface area contributed by atoms with Gasteiger partial charge in [-0.05, 0) is 38.5 Å². The molecule has 0 bridgehead atoms. The van der Waals surface area contributed by atoms with Crippen molar-refractivity contribution in [1.82, 2.24) is 0 Å². The van der Waals surface area contributed by atoms with E-state index in [1.807, 2.05) is 0 Å². The standard InChI is InChI=1S/C15H22F4O7S/c1-25-12(20)10-4-6-11(7-5-10)13(21)26-9-3-2-8-14(16,17)15(18,19)27(22,23)24/h10-11H,2-9H2,1H3,(H,22,23,24). The first-order chi connectivity index (χ1) is 12.3. The number of ether oxygens (including phenoxy) is 2. The Bertz CT molecular complexity index is 628. The number of carbonyl (C=O) groups is 2. The van der Waals surface area contributed by atoms with Gasteiger partial charge in [0.1, 0.15) is 0 Å². The van der Waals surface area contributed by atoms with Crippen molar-refractivity contribution in [2.45, 2.75) is 56.1 Å². The number of methoxy groups -OCH3 is 1. The Kier molecular flexibility index (Phi) is 8.02. The summed E-state index contributed by atoms with van der Waals surface area (Å²) in [4.78, 5) is 23.3. The van der Waals surface area contributed by atoms with Crippen molar-refractivity contribution >= 4 is 22.1 Å². The van der Waals surface area contributed by atoms with Gasteiger partial charge in [-0.15, -0.1) is 0 Å². The lowest BCUT2D eigenvalue weighted by molar-refractivity contribution is -0.165. The maximum Gasteiger partial charge on any atom is 0.431 e. The number of rotatable bonds is 9. The summed E-state index contributed by atoms with van der Waals surface area (Å²) in [6.45, 7) is -0.288. The summed E-state index contributed by atoms with van der Waals surface area (Å²) < 4.78 is 91.0. The Hall–Kier alpha value is -1.43. The molecule has 1 aliphatic rings. The van der Waals surface area contributed by atoms with Crippen molar-refractivity contribution in [2.75, 3.05) is 13.7 Å². The summed E-state index contributed by atoms with van der Waals surface area (Å²) in [5.74, 6) is -6.56. The lowest BCUT2D eigenvalue weighted by atomic mass is 9.82. The molecule has 0 amide bonds. The molecule has 0 saturated heterocycles. The zero-order chi connectivity index (χ0) is 20.9. The lowest BCUT2D eigenvalue weighted by Gasteiger charge is -2.25. The number of alkyl halides is 4. The number of hydrogen-bond acceptors (Lipinski definition) is 6. The minimum atomic E-state index is -6.25. The van der Waals surface area contributed by atoms with Crippen LogP contribution in [0.4, 0.5) is 17.6 Å². The molecule has 0 spiro atoms. The first kappa shape index (κ1) is 23.6. The first-order valence-corrected chi connectivity index (χ1v) is 9.74. The van der Waals surface area contributed by atoms with Gasteiger partial charge in [-0.3, -0.25) is 14.1 Å². The van der Waals surface area contributed by atoms with Crippen LogP contribution >= 0.6 is 0 Å². The second kappa shape index (κ2) is 9.18. The molecule has 7 nitrogen and oxygen atoms in total. The van der Waals surface area contributed by atoms with Gasteiger partial charge < -0.3 is 9.47 Å². The minimum absolute atomic E-state index is 0.180. The zero-order valence-electron chi connectivity index (χ0n) is 14.6. The molecule has 158 valence electrons. The molecule has 1 rings (SSSR count). The average Bonchev–Trinajstić information content (AvgIpc) is 2.59. The highest BCUT2D eigenvalue weighted by atomic mass is 32.2. The van der Waals surface area contributed by atoms with Crippen molar-refractivity contribution in [3.8, 4) is 0 Å². The van der Waals surface area contributed by atoms with Gasteiger partial charge in [-0.2, -0.15) is 26.0 Å². The minimum Gasteiger partial charge on any atom is -0.469 e. The van der Waals surface area contributed by atoms with Crippen LogP contribution < -0.4 is 0 Å². The summed E-state index contributed by atoms with van der Waals surface area (Å²) in [6.07, 6.45) is -0.469. The molecule has 0 heterocycles. The molecule has 1 N–H and O–H groups in total. The van der Waals surface area contributed by atoms with Crippen LogP contribution in [0, 0.1) is 11.8 Å². The molecular formula is C15H22F4O7S. The van der Waals surface area contributed by atoms with Gasteiger partial charge in [0.2, 0.25) is 0 Å². The number of unbranched alkanes of at least 4 members (excludes halogenated alkanes) is 1. The van der Waals surface area contributed by atoms with E-state index in [1.54, 1.807) is 0 Å². The average molecular weight is 422 g/mol. The maximum absolute atomic E-state index is 13.3. The van der Waals surface area contributed by atoms with E-state index < -0.39 is 46.0 Å². The molecule has 0 aromatic heterocycles. The third-order valence-electron chi connectivity index (χ3n) is 4.47. The van der Waals surface area contributed by atoms with Crippen LogP contribution in [0.2, 0.25) is 0 Å². The Morgan fingerprint density at radius 1 is 1.00 bits per heavy atom. The third kappa shape index (κ3) is 6.03. The van der Waals surface area contributed by atoms with Crippen molar-refractivity contribution in [3.63, 3.8) is 0 Å². The van der Waals surface area contributed by atoms with E-state index in [1.165, 1.54) is 7.11 Å².